The normalized spacial score (nSPS) is 32.7. The van der Waals surface area contributed by atoms with E-state index in [0.29, 0.717) is 0 Å². The van der Waals surface area contributed by atoms with Crippen molar-refractivity contribution < 1.29 is 4.79 Å². The zero-order chi connectivity index (χ0) is 13.0. The Morgan fingerprint density at radius 3 is 2.67 bits per heavy atom. The van der Waals surface area contributed by atoms with Crippen LogP contribution in [0.3, 0.4) is 0 Å². The van der Waals surface area contributed by atoms with Gasteiger partial charge in [0, 0.05) is 18.0 Å². The molecule has 104 valence electrons. The van der Waals surface area contributed by atoms with E-state index in [4.69, 9.17) is 0 Å². The number of carbonyl (C=O) groups excluding carboxylic acids is 1. The van der Waals surface area contributed by atoms with Crippen molar-refractivity contribution in [3.05, 3.63) is 0 Å². The predicted octanol–water partition coefficient (Wildman–Crippen LogP) is 3.65. The second-order valence-corrected chi connectivity index (χ2v) is 6.74. The fourth-order valence-corrected chi connectivity index (χ4v) is 3.58. The number of nitrogens with zero attached hydrogens (tertiary/aromatic N) is 1. The van der Waals surface area contributed by atoms with E-state index in [1.807, 2.05) is 0 Å². The molecule has 2 rings (SSSR count). The van der Waals surface area contributed by atoms with Crippen molar-refractivity contribution in [2.75, 3.05) is 13.1 Å². The summed E-state index contributed by atoms with van der Waals surface area (Å²) < 4.78 is 0. The summed E-state index contributed by atoms with van der Waals surface area (Å²) in [6.07, 6.45) is 11.3. The first-order chi connectivity index (χ1) is 8.69. The van der Waals surface area contributed by atoms with E-state index in [9.17, 15) is 4.79 Å². The summed E-state index contributed by atoms with van der Waals surface area (Å²) in [4.78, 5) is 14.3. The molecule has 2 unspecified atom stereocenters. The summed E-state index contributed by atoms with van der Waals surface area (Å²) in [6, 6.07) is 0.797. The Morgan fingerprint density at radius 1 is 1.33 bits per heavy atom. The third kappa shape index (κ3) is 3.57. The molecule has 2 fully saturated rings. The van der Waals surface area contributed by atoms with E-state index in [1.54, 1.807) is 0 Å². The van der Waals surface area contributed by atoms with Gasteiger partial charge in [-0.1, -0.05) is 33.1 Å². The average Bonchev–Trinajstić information content (AvgIpc) is 3.19. The predicted molar refractivity (Wildman–Crippen MR) is 75.6 cm³/mol. The largest absolute Gasteiger partial charge is 0.303 e. The van der Waals surface area contributed by atoms with Crippen molar-refractivity contribution in [3.8, 4) is 0 Å². The SMILES string of the molecule is CCCCN(CC1(C=O)CCCC(C)C1)C1CC1. The number of hydrogen-bond donors (Lipinski definition) is 0. The molecule has 0 aromatic carbocycles. The van der Waals surface area contributed by atoms with Gasteiger partial charge in [0.1, 0.15) is 6.29 Å². The first-order valence-electron chi connectivity index (χ1n) is 7.89. The van der Waals surface area contributed by atoms with Gasteiger partial charge in [0.15, 0.2) is 0 Å². The molecule has 2 nitrogen and oxygen atoms in total. The van der Waals surface area contributed by atoms with Crippen LogP contribution < -0.4 is 0 Å². The molecule has 0 amide bonds. The Hall–Kier alpha value is -0.370. The van der Waals surface area contributed by atoms with Gasteiger partial charge < -0.3 is 4.79 Å². The Labute approximate surface area is 112 Å². The maximum Gasteiger partial charge on any atom is 0.127 e. The minimum atomic E-state index is -0.0198. The molecular formula is C16H29NO. The van der Waals surface area contributed by atoms with Gasteiger partial charge in [-0.3, -0.25) is 4.90 Å². The highest BCUT2D eigenvalue weighted by atomic mass is 16.1. The van der Waals surface area contributed by atoms with Crippen LogP contribution >= 0.6 is 0 Å². The van der Waals surface area contributed by atoms with Crippen molar-refractivity contribution in [1.82, 2.24) is 4.90 Å². The van der Waals surface area contributed by atoms with Crippen LogP contribution in [0, 0.1) is 11.3 Å². The molecule has 0 aliphatic heterocycles. The Kier molecular flexibility index (Phi) is 4.83. The van der Waals surface area contributed by atoms with E-state index < -0.39 is 0 Å². The summed E-state index contributed by atoms with van der Waals surface area (Å²) in [6.45, 7) is 6.80. The number of unbranched alkanes of at least 4 members (excludes halogenated alkanes) is 1. The van der Waals surface area contributed by atoms with Crippen LogP contribution in [0.25, 0.3) is 0 Å². The number of hydrogen-bond acceptors (Lipinski definition) is 2. The molecule has 0 radical (unpaired) electrons. The van der Waals surface area contributed by atoms with Crippen LogP contribution in [-0.2, 0) is 4.79 Å². The molecule has 2 aliphatic carbocycles. The summed E-state index contributed by atoms with van der Waals surface area (Å²) in [7, 11) is 0. The highest BCUT2D eigenvalue weighted by Gasteiger charge is 2.39. The van der Waals surface area contributed by atoms with Crippen LogP contribution in [0.1, 0.15) is 65.2 Å². The molecule has 0 aromatic heterocycles. The van der Waals surface area contributed by atoms with Crippen molar-refractivity contribution in [3.63, 3.8) is 0 Å². The number of aldehydes is 1. The lowest BCUT2D eigenvalue weighted by molar-refractivity contribution is -0.120. The van der Waals surface area contributed by atoms with Crippen LogP contribution in [0.2, 0.25) is 0 Å². The fraction of sp³-hybridized carbons (Fsp3) is 0.938. The van der Waals surface area contributed by atoms with Crippen LogP contribution in [0.5, 0.6) is 0 Å². The van der Waals surface area contributed by atoms with Crippen molar-refractivity contribution in [1.29, 1.82) is 0 Å². The molecule has 2 aliphatic rings. The second-order valence-electron chi connectivity index (χ2n) is 6.74. The molecule has 0 spiro atoms. The second kappa shape index (κ2) is 6.18. The molecule has 0 bridgehead atoms. The summed E-state index contributed by atoms with van der Waals surface area (Å²) >= 11 is 0. The summed E-state index contributed by atoms with van der Waals surface area (Å²) in [5.74, 6) is 0.733. The van der Waals surface area contributed by atoms with Crippen LogP contribution in [0.15, 0.2) is 0 Å². The van der Waals surface area contributed by atoms with Gasteiger partial charge in [0.2, 0.25) is 0 Å². The van der Waals surface area contributed by atoms with Gasteiger partial charge in [0.25, 0.3) is 0 Å². The standard InChI is InChI=1S/C16H29NO/c1-3-4-10-17(15-7-8-15)12-16(13-18)9-5-6-14(2)11-16/h13-15H,3-12H2,1-2H3. The highest BCUT2D eigenvalue weighted by molar-refractivity contribution is 5.60. The van der Waals surface area contributed by atoms with Gasteiger partial charge >= 0.3 is 0 Å². The van der Waals surface area contributed by atoms with E-state index in [-0.39, 0.29) is 5.41 Å². The molecule has 0 heterocycles. The molecule has 0 aromatic rings. The average molecular weight is 251 g/mol. The van der Waals surface area contributed by atoms with E-state index in [0.717, 1.165) is 31.3 Å². The third-order valence-electron chi connectivity index (χ3n) is 4.76. The topological polar surface area (TPSA) is 20.3 Å². The third-order valence-corrected chi connectivity index (χ3v) is 4.76. The number of rotatable bonds is 7. The van der Waals surface area contributed by atoms with E-state index >= 15 is 0 Å². The Morgan fingerprint density at radius 2 is 2.11 bits per heavy atom. The molecule has 0 saturated heterocycles. The fourth-order valence-electron chi connectivity index (χ4n) is 3.58. The quantitative estimate of drug-likeness (QED) is 0.644. The monoisotopic (exact) mass is 251 g/mol. The smallest absolute Gasteiger partial charge is 0.127 e. The molecule has 18 heavy (non-hydrogen) atoms. The lowest BCUT2D eigenvalue weighted by Crippen LogP contribution is -2.43. The zero-order valence-electron chi connectivity index (χ0n) is 12.2. The molecule has 2 heteroatoms. The lowest BCUT2D eigenvalue weighted by atomic mass is 9.70. The molecule has 2 saturated carbocycles. The molecule has 2 atom stereocenters. The van der Waals surface area contributed by atoms with Gasteiger partial charge in [-0.2, -0.15) is 0 Å². The van der Waals surface area contributed by atoms with Crippen LogP contribution in [0.4, 0.5) is 0 Å². The summed E-state index contributed by atoms with van der Waals surface area (Å²) in [5, 5.41) is 0. The van der Waals surface area contributed by atoms with Crippen molar-refractivity contribution in [2.45, 2.75) is 71.3 Å². The van der Waals surface area contributed by atoms with Gasteiger partial charge in [-0.25, -0.2) is 0 Å². The first kappa shape index (κ1) is 14.0. The minimum Gasteiger partial charge on any atom is -0.303 e. The van der Waals surface area contributed by atoms with E-state index in [2.05, 4.69) is 18.7 Å². The molecular weight excluding hydrogens is 222 g/mol. The Balaban J connectivity index is 1.95. The maximum atomic E-state index is 11.7. The zero-order valence-corrected chi connectivity index (χ0v) is 12.2. The van der Waals surface area contributed by atoms with Crippen LogP contribution in [-0.4, -0.2) is 30.3 Å². The minimum absolute atomic E-state index is 0.0198. The maximum absolute atomic E-state index is 11.7. The van der Waals surface area contributed by atoms with Crippen molar-refractivity contribution >= 4 is 6.29 Å². The van der Waals surface area contributed by atoms with Gasteiger partial charge in [-0.15, -0.1) is 0 Å². The van der Waals surface area contributed by atoms with Gasteiger partial charge in [-0.05, 0) is 44.6 Å². The first-order valence-corrected chi connectivity index (χ1v) is 7.89. The van der Waals surface area contributed by atoms with Crippen molar-refractivity contribution in [2.24, 2.45) is 11.3 Å². The highest BCUT2D eigenvalue weighted by Crippen LogP contribution is 2.40. The lowest BCUT2D eigenvalue weighted by Gasteiger charge is -2.39. The van der Waals surface area contributed by atoms with Gasteiger partial charge in [0.05, 0.1) is 0 Å². The molecule has 0 N–H and O–H groups in total. The number of carbonyl (C=O) groups is 1. The Bertz CT molecular complexity index is 274. The summed E-state index contributed by atoms with van der Waals surface area (Å²) in [5.41, 5.74) is -0.0198. The van der Waals surface area contributed by atoms with E-state index in [1.165, 1.54) is 51.4 Å².